The normalized spacial score (nSPS) is 11.3. The Hall–Kier alpha value is -1.11. The number of carbonyl (C=O) groups excluding carboxylic acids is 2. The first-order chi connectivity index (χ1) is 9.04. The Morgan fingerprint density at radius 3 is 2.65 bits per heavy atom. The van der Waals surface area contributed by atoms with Gasteiger partial charge in [-0.25, -0.2) is 0 Å². The molecule has 7 heteroatoms. The van der Waals surface area contributed by atoms with E-state index in [0.29, 0.717) is 13.0 Å². The fourth-order valence-electron chi connectivity index (χ4n) is 1.69. The Labute approximate surface area is 130 Å². The molecule has 5 nitrogen and oxygen atoms in total. The van der Waals surface area contributed by atoms with Gasteiger partial charge in [0.1, 0.15) is 0 Å². The van der Waals surface area contributed by atoms with Gasteiger partial charge in [-0.1, -0.05) is 6.07 Å². The van der Waals surface area contributed by atoms with Crippen molar-refractivity contribution in [2.24, 2.45) is 0 Å². The van der Waals surface area contributed by atoms with Crippen molar-refractivity contribution in [3.8, 4) is 0 Å². The topological polar surface area (TPSA) is 61.4 Å². The van der Waals surface area contributed by atoms with Gasteiger partial charge in [0, 0.05) is 31.9 Å². The van der Waals surface area contributed by atoms with E-state index < -0.39 is 0 Å². The summed E-state index contributed by atoms with van der Waals surface area (Å²) in [4.78, 5) is 26.0. The summed E-state index contributed by atoms with van der Waals surface area (Å²) < 4.78 is 0. The van der Waals surface area contributed by atoms with E-state index >= 15 is 0 Å². The number of carbonyl (C=O) groups is 2. The van der Waals surface area contributed by atoms with Gasteiger partial charge in [0.25, 0.3) is 0 Å². The molecule has 0 fully saturated rings. The molecule has 0 aromatic carbocycles. The number of nitrogens with zero attached hydrogens (tertiary/aromatic N) is 1. The fourth-order valence-corrected chi connectivity index (χ4v) is 2.47. The third-order valence-electron chi connectivity index (χ3n) is 2.77. The van der Waals surface area contributed by atoms with Gasteiger partial charge in [-0.15, -0.1) is 23.7 Å². The molecule has 20 heavy (non-hydrogen) atoms. The Balaban J connectivity index is 0.00000361. The molecule has 2 N–H and O–H groups in total. The Morgan fingerprint density at radius 2 is 2.15 bits per heavy atom. The minimum atomic E-state index is -0.234. The van der Waals surface area contributed by atoms with Gasteiger partial charge in [0.2, 0.25) is 11.8 Å². The van der Waals surface area contributed by atoms with Crippen LogP contribution in [-0.2, 0) is 9.59 Å². The lowest BCUT2D eigenvalue weighted by Gasteiger charge is -2.21. The van der Waals surface area contributed by atoms with Gasteiger partial charge in [-0.3, -0.25) is 9.59 Å². The minimum absolute atomic E-state index is 0. The highest BCUT2D eigenvalue weighted by atomic mass is 35.5. The molecule has 0 aliphatic rings. The number of thiophene rings is 1. The number of halogens is 1. The van der Waals surface area contributed by atoms with Crippen molar-refractivity contribution in [2.45, 2.75) is 19.4 Å². The molecule has 0 bridgehead atoms. The van der Waals surface area contributed by atoms with Crippen LogP contribution in [0.25, 0.3) is 0 Å². The summed E-state index contributed by atoms with van der Waals surface area (Å²) in [5.74, 6) is -0.0912. The van der Waals surface area contributed by atoms with E-state index in [4.69, 9.17) is 0 Å². The Kier molecular flexibility index (Phi) is 9.20. The number of hydrogen-bond donors (Lipinski definition) is 2. The van der Waals surface area contributed by atoms with E-state index in [1.807, 2.05) is 24.6 Å². The van der Waals surface area contributed by atoms with Crippen molar-refractivity contribution < 1.29 is 9.59 Å². The molecule has 1 aromatic heterocycles. The number of nitrogens with one attached hydrogen (secondary N) is 2. The highest BCUT2D eigenvalue weighted by Gasteiger charge is 2.19. The van der Waals surface area contributed by atoms with Gasteiger partial charge < -0.3 is 15.5 Å². The van der Waals surface area contributed by atoms with E-state index in [2.05, 4.69) is 10.6 Å². The van der Waals surface area contributed by atoms with E-state index in [0.717, 1.165) is 11.4 Å². The van der Waals surface area contributed by atoms with Crippen molar-refractivity contribution in [3.05, 3.63) is 22.4 Å². The quantitative estimate of drug-likeness (QED) is 0.799. The first-order valence-electron chi connectivity index (χ1n) is 6.23. The van der Waals surface area contributed by atoms with Gasteiger partial charge in [-0.05, 0) is 18.5 Å². The zero-order valence-corrected chi connectivity index (χ0v) is 13.6. The minimum Gasteiger partial charge on any atom is -0.348 e. The van der Waals surface area contributed by atoms with Crippen molar-refractivity contribution >= 4 is 35.6 Å². The van der Waals surface area contributed by atoms with Crippen LogP contribution in [0.5, 0.6) is 0 Å². The average molecular weight is 320 g/mol. The SMILES string of the molecule is CNCCN(C)C(=O)CC(NC(C)=O)c1cccs1.Cl. The van der Waals surface area contributed by atoms with Crippen LogP contribution < -0.4 is 10.6 Å². The van der Waals surface area contributed by atoms with Crippen molar-refractivity contribution in [2.75, 3.05) is 27.2 Å². The van der Waals surface area contributed by atoms with E-state index in [9.17, 15) is 9.59 Å². The largest absolute Gasteiger partial charge is 0.348 e. The third-order valence-corrected chi connectivity index (χ3v) is 3.75. The van der Waals surface area contributed by atoms with Crippen LogP contribution in [0.2, 0.25) is 0 Å². The molecule has 0 aliphatic heterocycles. The highest BCUT2D eigenvalue weighted by Crippen LogP contribution is 2.22. The first-order valence-corrected chi connectivity index (χ1v) is 7.11. The zero-order valence-electron chi connectivity index (χ0n) is 12.0. The molecule has 0 spiro atoms. The van der Waals surface area contributed by atoms with Gasteiger partial charge in [-0.2, -0.15) is 0 Å². The van der Waals surface area contributed by atoms with Crippen LogP contribution >= 0.6 is 23.7 Å². The Bertz CT molecular complexity index is 412. The molecule has 0 aliphatic carbocycles. The molecular formula is C13H22ClN3O2S. The lowest BCUT2D eigenvalue weighted by atomic mass is 10.1. The summed E-state index contributed by atoms with van der Waals surface area (Å²) in [7, 11) is 3.63. The maximum Gasteiger partial charge on any atom is 0.224 e. The van der Waals surface area contributed by atoms with Gasteiger partial charge >= 0.3 is 0 Å². The van der Waals surface area contributed by atoms with E-state index in [1.165, 1.54) is 6.92 Å². The molecule has 114 valence electrons. The maximum atomic E-state index is 12.1. The summed E-state index contributed by atoms with van der Waals surface area (Å²) in [6.07, 6.45) is 0.292. The molecule has 1 unspecified atom stereocenters. The molecule has 1 aromatic rings. The fraction of sp³-hybridized carbons (Fsp3) is 0.538. The molecule has 1 atom stereocenters. The molecule has 0 saturated carbocycles. The molecule has 0 saturated heterocycles. The Morgan fingerprint density at radius 1 is 1.45 bits per heavy atom. The van der Waals surface area contributed by atoms with Crippen LogP contribution in [-0.4, -0.2) is 43.9 Å². The number of amides is 2. The van der Waals surface area contributed by atoms with Crippen molar-refractivity contribution in [1.82, 2.24) is 15.5 Å². The van der Waals surface area contributed by atoms with Gasteiger partial charge in [0.05, 0.1) is 12.5 Å². The summed E-state index contributed by atoms with van der Waals surface area (Å²) in [5.41, 5.74) is 0. The smallest absolute Gasteiger partial charge is 0.224 e. The molecule has 1 heterocycles. The highest BCUT2D eigenvalue weighted by molar-refractivity contribution is 7.10. The van der Waals surface area contributed by atoms with Crippen LogP contribution in [0, 0.1) is 0 Å². The maximum absolute atomic E-state index is 12.1. The predicted molar refractivity (Wildman–Crippen MR) is 84.3 cm³/mol. The number of hydrogen-bond acceptors (Lipinski definition) is 4. The molecular weight excluding hydrogens is 298 g/mol. The second-order valence-electron chi connectivity index (χ2n) is 4.39. The number of likely N-dealkylation sites (N-methyl/N-ethyl adjacent to an activating group) is 2. The van der Waals surface area contributed by atoms with Crippen LogP contribution in [0.15, 0.2) is 17.5 Å². The monoisotopic (exact) mass is 319 g/mol. The number of rotatable bonds is 7. The second kappa shape index (κ2) is 9.74. The lowest BCUT2D eigenvalue weighted by Crippen LogP contribution is -2.36. The van der Waals surface area contributed by atoms with Crippen LogP contribution in [0.1, 0.15) is 24.3 Å². The third kappa shape index (κ3) is 6.36. The standard InChI is InChI=1S/C13H21N3O2S.ClH/c1-10(17)15-11(12-5-4-8-19-12)9-13(18)16(3)7-6-14-2;/h4-5,8,11,14H,6-7,9H2,1-3H3,(H,15,17);1H. The van der Waals surface area contributed by atoms with Crippen molar-refractivity contribution in [3.63, 3.8) is 0 Å². The van der Waals surface area contributed by atoms with E-state index in [1.54, 1.807) is 23.3 Å². The van der Waals surface area contributed by atoms with Crippen LogP contribution in [0.4, 0.5) is 0 Å². The molecule has 1 rings (SSSR count). The summed E-state index contributed by atoms with van der Waals surface area (Å²) >= 11 is 1.55. The zero-order chi connectivity index (χ0) is 14.3. The summed E-state index contributed by atoms with van der Waals surface area (Å²) in [6.45, 7) is 2.88. The molecule has 2 amide bonds. The lowest BCUT2D eigenvalue weighted by molar-refractivity contribution is -0.130. The summed E-state index contributed by atoms with van der Waals surface area (Å²) in [5, 5.41) is 7.78. The predicted octanol–water partition coefficient (Wildman–Crippen LogP) is 1.42. The van der Waals surface area contributed by atoms with Crippen LogP contribution in [0.3, 0.4) is 0 Å². The summed E-state index contributed by atoms with van der Waals surface area (Å²) in [6, 6.07) is 3.62. The van der Waals surface area contributed by atoms with E-state index in [-0.39, 0.29) is 30.3 Å². The first kappa shape index (κ1) is 18.9. The van der Waals surface area contributed by atoms with Gasteiger partial charge in [0.15, 0.2) is 0 Å². The molecule has 0 radical (unpaired) electrons. The average Bonchev–Trinajstić information content (AvgIpc) is 2.88. The van der Waals surface area contributed by atoms with Crippen molar-refractivity contribution in [1.29, 1.82) is 0 Å². The second-order valence-corrected chi connectivity index (χ2v) is 5.37.